The molecule has 0 aliphatic heterocycles. The first kappa shape index (κ1) is 14.3. The minimum Gasteiger partial charge on any atom is -0.493 e. The van der Waals surface area contributed by atoms with Crippen LogP contribution in [0.3, 0.4) is 0 Å². The maximum atomic E-state index is 6.18. The summed E-state index contributed by atoms with van der Waals surface area (Å²) in [5.74, 6) is 2.07. The summed E-state index contributed by atoms with van der Waals surface area (Å²) in [7, 11) is 3.16. The number of methoxy groups -OCH3 is 2. The second-order valence-corrected chi connectivity index (χ2v) is 5.22. The van der Waals surface area contributed by atoms with Crippen molar-refractivity contribution in [1.29, 1.82) is 0 Å². The van der Waals surface area contributed by atoms with Gasteiger partial charge in [0.05, 0.1) is 31.5 Å². The number of furan rings is 1. The molecule has 1 aromatic heterocycles. The predicted molar refractivity (Wildman–Crippen MR) is 83.3 cm³/mol. The molecule has 0 amide bonds. The van der Waals surface area contributed by atoms with Gasteiger partial charge in [0.1, 0.15) is 5.76 Å². The first-order valence-electron chi connectivity index (χ1n) is 5.53. The molecule has 1 N–H and O–H groups in total. The monoisotopic (exact) mass is 393 g/mol. The fourth-order valence-corrected chi connectivity index (χ4v) is 2.30. The molecule has 0 fully saturated rings. The molecule has 4 nitrogen and oxygen atoms in total. The zero-order chi connectivity index (χ0) is 13.8. The summed E-state index contributed by atoms with van der Waals surface area (Å²) < 4.78 is 16.7. The summed E-state index contributed by atoms with van der Waals surface area (Å²) in [6, 6.07) is 7.35. The van der Waals surface area contributed by atoms with Crippen molar-refractivity contribution in [2.45, 2.75) is 6.54 Å². The lowest BCUT2D eigenvalue weighted by molar-refractivity contribution is 0.355. The van der Waals surface area contributed by atoms with Crippen molar-refractivity contribution in [3.63, 3.8) is 0 Å². The highest BCUT2D eigenvalue weighted by molar-refractivity contribution is 14.1. The molecule has 0 aliphatic carbocycles. The quantitative estimate of drug-likeness (QED) is 0.775. The normalized spacial score (nSPS) is 10.3. The molecule has 0 bridgehead atoms. The van der Waals surface area contributed by atoms with Crippen molar-refractivity contribution < 1.29 is 13.9 Å². The number of rotatable bonds is 5. The second-order valence-electron chi connectivity index (χ2n) is 3.75. The first-order valence-corrected chi connectivity index (χ1v) is 6.99. The van der Waals surface area contributed by atoms with E-state index >= 15 is 0 Å². The third-order valence-corrected chi connectivity index (χ3v) is 3.45. The Hall–Kier alpha value is -1.08. The highest BCUT2D eigenvalue weighted by Gasteiger charge is 2.10. The van der Waals surface area contributed by atoms with Crippen molar-refractivity contribution in [1.82, 2.24) is 0 Å². The Balaban J connectivity index is 2.15. The van der Waals surface area contributed by atoms with Crippen molar-refractivity contribution >= 4 is 39.9 Å². The van der Waals surface area contributed by atoms with Crippen LogP contribution in [-0.4, -0.2) is 14.2 Å². The van der Waals surface area contributed by atoms with Crippen molar-refractivity contribution in [3.05, 3.63) is 38.8 Å². The Morgan fingerprint density at radius 2 is 1.89 bits per heavy atom. The number of ether oxygens (including phenoxy) is 2. The van der Waals surface area contributed by atoms with Crippen LogP contribution in [0.5, 0.6) is 11.5 Å². The number of halogens is 2. The number of anilines is 1. The maximum absolute atomic E-state index is 6.18. The van der Waals surface area contributed by atoms with Crippen LogP contribution in [0.1, 0.15) is 5.76 Å². The standard InChI is InChI=1S/C13H13ClINO3/c1-17-11-5-9(14)10(6-12(11)18-2)16-7-8-3-4-13(15)19-8/h3-6,16H,7H2,1-2H3. The van der Waals surface area contributed by atoms with Crippen LogP contribution in [0, 0.1) is 3.77 Å². The smallest absolute Gasteiger partial charge is 0.164 e. The molecule has 0 spiro atoms. The number of nitrogens with one attached hydrogen (secondary N) is 1. The fourth-order valence-electron chi connectivity index (χ4n) is 1.62. The Morgan fingerprint density at radius 1 is 1.21 bits per heavy atom. The van der Waals surface area contributed by atoms with Crippen molar-refractivity contribution in [2.24, 2.45) is 0 Å². The van der Waals surface area contributed by atoms with E-state index in [1.165, 1.54) is 0 Å². The molecule has 102 valence electrons. The topological polar surface area (TPSA) is 43.6 Å². The Kier molecular flexibility index (Phi) is 4.81. The molecule has 0 saturated heterocycles. The summed E-state index contributed by atoms with van der Waals surface area (Å²) in [4.78, 5) is 0. The van der Waals surface area contributed by atoms with Crippen molar-refractivity contribution in [2.75, 3.05) is 19.5 Å². The van der Waals surface area contributed by atoms with Crippen LogP contribution in [0.15, 0.2) is 28.7 Å². The van der Waals surface area contributed by atoms with Gasteiger partial charge in [0.2, 0.25) is 0 Å². The molecule has 0 saturated carbocycles. The molecule has 0 radical (unpaired) electrons. The third-order valence-electron chi connectivity index (χ3n) is 2.56. The van der Waals surface area contributed by atoms with E-state index in [1.54, 1.807) is 26.4 Å². The summed E-state index contributed by atoms with van der Waals surface area (Å²) in [6.45, 7) is 0.554. The van der Waals surface area contributed by atoms with Gasteiger partial charge in [-0.05, 0) is 34.7 Å². The molecule has 6 heteroatoms. The minimum atomic E-state index is 0.554. The molecular formula is C13H13ClINO3. The van der Waals surface area contributed by atoms with E-state index in [1.807, 2.05) is 12.1 Å². The second kappa shape index (κ2) is 6.38. The molecule has 1 heterocycles. The molecule has 0 atom stereocenters. The van der Waals surface area contributed by atoms with E-state index in [0.29, 0.717) is 23.1 Å². The van der Waals surface area contributed by atoms with Gasteiger partial charge >= 0.3 is 0 Å². The number of hydrogen-bond donors (Lipinski definition) is 1. The van der Waals surface area contributed by atoms with Gasteiger partial charge in [-0.3, -0.25) is 0 Å². The SMILES string of the molecule is COc1cc(Cl)c(NCc2ccc(I)o2)cc1OC. The number of benzene rings is 1. The molecule has 2 aromatic rings. The van der Waals surface area contributed by atoms with Gasteiger partial charge < -0.3 is 19.2 Å². The van der Waals surface area contributed by atoms with Crippen LogP contribution >= 0.6 is 34.2 Å². The molecule has 0 aliphatic rings. The van der Waals surface area contributed by atoms with Crippen LogP contribution in [0.2, 0.25) is 5.02 Å². The average Bonchev–Trinajstić information content (AvgIpc) is 2.82. The van der Waals surface area contributed by atoms with E-state index in [-0.39, 0.29) is 0 Å². The maximum Gasteiger partial charge on any atom is 0.164 e. The van der Waals surface area contributed by atoms with E-state index in [0.717, 1.165) is 15.2 Å². The van der Waals surface area contributed by atoms with Gasteiger partial charge in [0.25, 0.3) is 0 Å². The molecule has 0 unspecified atom stereocenters. The molecule has 19 heavy (non-hydrogen) atoms. The third kappa shape index (κ3) is 3.48. The molecule has 2 rings (SSSR count). The lowest BCUT2D eigenvalue weighted by Crippen LogP contribution is -2.00. The Labute approximate surface area is 130 Å². The number of hydrogen-bond acceptors (Lipinski definition) is 4. The van der Waals surface area contributed by atoms with Gasteiger partial charge in [-0.2, -0.15) is 0 Å². The largest absolute Gasteiger partial charge is 0.493 e. The highest BCUT2D eigenvalue weighted by Crippen LogP contribution is 2.36. The molecule has 1 aromatic carbocycles. The fraction of sp³-hybridized carbons (Fsp3) is 0.231. The first-order chi connectivity index (χ1) is 9.13. The lowest BCUT2D eigenvalue weighted by atomic mass is 10.2. The van der Waals surface area contributed by atoms with E-state index in [9.17, 15) is 0 Å². The summed E-state index contributed by atoms with van der Waals surface area (Å²) in [5, 5.41) is 3.77. The van der Waals surface area contributed by atoms with E-state index < -0.39 is 0 Å². The van der Waals surface area contributed by atoms with Crippen LogP contribution in [0.4, 0.5) is 5.69 Å². The minimum absolute atomic E-state index is 0.554. The van der Waals surface area contributed by atoms with Gasteiger partial charge in [-0.15, -0.1) is 0 Å². The Morgan fingerprint density at radius 3 is 2.47 bits per heavy atom. The van der Waals surface area contributed by atoms with Gasteiger partial charge in [0, 0.05) is 12.1 Å². The Bertz CT molecular complexity index is 571. The van der Waals surface area contributed by atoms with Gasteiger partial charge in [-0.25, -0.2) is 0 Å². The molecular weight excluding hydrogens is 381 g/mol. The van der Waals surface area contributed by atoms with Crippen LogP contribution in [0.25, 0.3) is 0 Å². The summed E-state index contributed by atoms with van der Waals surface area (Å²) in [6.07, 6.45) is 0. The summed E-state index contributed by atoms with van der Waals surface area (Å²) in [5.41, 5.74) is 0.769. The van der Waals surface area contributed by atoms with Crippen molar-refractivity contribution in [3.8, 4) is 11.5 Å². The van der Waals surface area contributed by atoms with Gasteiger partial charge in [0.15, 0.2) is 15.3 Å². The van der Waals surface area contributed by atoms with Gasteiger partial charge in [-0.1, -0.05) is 11.6 Å². The van der Waals surface area contributed by atoms with E-state index in [4.69, 9.17) is 25.5 Å². The van der Waals surface area contributed by atoms with E-state index in [2.05, 4.69) is 27.9 Å². The zero-order valence-corrected chi connectivity index (χ0v) is 13.4. The predicted octanol–water partition coefficient (Wildman–Crippen LogP) is 4.17. The zero-order valence-electron chi connectivity index (χ0n) is 10.5. The highest BCUT2D eigenvalue weighted by atomic mass is 127. The van der Waals surface area contributed by atoms with Crippen LogP contribution in [-0.2, 0) is 6.54 Å². The lowest BCUT2D eigenvalue weighted by Gasteiger charge is -2.12. The summed E-state index contributed by atoms with van der Waals surface area (Å²) >= 11 is 8.30. The average molecular weight is 394 g/mol. The van der Waals surface area contributed by atoms with Crippen LogP contribution < -0.4 is 14.8 Å².